The Morgan fingerprint density at radius 3 is 2.59 bits per heavy atom. The van der Waals surface area contributed by atoms with Gasteiger partial charge in [0.15, 0.2) is 0 Å². The number of hydrogen-bond donors (Lipinski definition) is 0. The van der Waals surface area contributed by atoms with Crippen molar-refractivity contribution in [1.82, 2.24) is 24.2 Å². The second-order valence-corrected chi connectivity index (χ2v) is 8.15. The maximum absolute atomic E-state index is 12.8. The molecule has 7 nitrogen and oxygen atoms in total. The number of fused-ring (bicyclic) bond motifs is 2. The number of imidazole rings is 1. The van der Waals surface area contributed by atoms with Crippen LogP contribution in [0.4, 0.5) is 0 Å². The molecule has 5 rings (SSSR count). The Hall–Kier alpha value is -2.93. The molecule has 0 N–H and O–H groups in total. The Labute approximate surface area is 169 Å². The Morgan fingerprint density at radius 2 is 1.90 bits per heavy atom. The van der Waals surface area contributed by atoms with Gasteiger partial charge in [0.05, 0.1) is 24.0 Å². The first kappa shape index (κ1) is 18.1. The first-order valence-corrected chi connectivity index (χ1v) is 10.1. The SMILES string of the molecule is Cc1ccc(-c2cnc3n2C2(CCN(C(=O)c4ccn(C)n4)CC2)COC3)cc1. The monoisotopic (exact) mass is 391 g/mol. The van der Waals surface area contributed by atoms with E-state index in [0.29, 0.717) is 32.0 Å². The molecular formula is C22H25N5O2. The molecule has 1 aromatic carbocycles. The zero-order valence-corrected chi connectivity index (χ0v) is 16.8. The number of ether oxygens (including phenoxy) is 1. The summed E-state index contributed by atoms with van der Waals surface area (Å²) < 4.78 is 9.98. The molecule has 150 valence electrons. The molecule has 0 saturated carbocycles. The van der Waals surface area contributed by atoms with Crippen LogP contribution in [-0.4, -0.2) is 49.8 Å². The van der Waals surface area contributed by atoms with Crippen LogP contribution in [0.25, 0.3) is 11.3 Å². The smallest absolute Gasteiger partial charge is 0.274 e. The lowest BCUT2D eigenvalue weighted by Gasteiger charge is -2.45. The van der Waals surface area contributed by atoms with Crippen molar-refractivity contribution in [2.45, 2.75) is 31.9 Å². The zero-order valence-electron chi connectivity index (χ0n) is 16.8. The molecule has 0 atom stereocenters. The van der Waals surface area contributed by atoms with Crippen molar-refractivity contribution in [3.8, 4) is 11.3 Å². The highest BCUT2D eigenvalue weighted by molar-refractivity contribution is 5.92. The molecule has 2 aliphatic heterocycles. The fourth-order valence-electron chi connectivity index (χ4n) is 4.53. The Balaban J connectivity index is 1.43. The molecular weight excluding hydrogens is 366 g/mol. The number of rotatable bonds is 2. The molecule has 1 spiro atoms. The van der Waals surface area contributed by atoms with Crippen LogP contribution < -0.4 is 0 Å². The fourth-order valence-corrected chi connectivity index (χ4v) is 4.53. The molecule has 2 aliphatic rings. The summed E-state index contributed by atoms with van der Waals surface area (Å²) in [6, 6.07) is 10.4. The van der Waals surface area contributed by atoms with Crippen molar-refractivity contribution in [2.75, 3.05) is 19.7 Å². The highest BCUT2D eigenvalue weighted by atomic mass is 16.5. The van der Waals surface area contributed by atoms with Crippen LogP contribution >= 0.6 is 0 Å². The molecule has 1 fully saturated rings. The summed E-state index contributed by atoms with van der Waals surface area (Å²) in [4.78, 5) is 19.4. The fraction of sp³-hybridized carbons (Fsp3) is 0.409. The van der Waals surface area contributed by atoms with Gasteiger partial charge in [-0.1, -0.05) is 29.8 Å². The van der Waals surface area contributed by atoms with E-state index in [1.807, 2.05) is 18.1 Å². The van der Waals surface area contributed by atoms with Gasteiger partial charge in [-0.25, -0.2) is 4.98 Å². The van der Waals surface area contributed by atoms with Crippen LogP contribution in [0.15, 0.2) is 42.7 Å². The van der Waals surface area contributed by atoms with Crippen molar-refractivity contribution in [1.29, 1.82) is 0 Å². The maximum atomic E-state index is 12.8. The van der Waals surface area contributed by atoms with E-state index in [1.54, 1.807) is 16.9 Å². The number of amides is 1. The molecule has 0 bridgehead atoms. The van der Waals surface area contributed by atoms with Crippen LogP contribution in [0.5, 0.6) is 0 Å². The van der Waals surface area contributed by atoms with Gasteiger partial charge in [0, 0.05) is 26.3 Å². The zero-order chi connectivity index (χ0) is 20.0. The minimum absolute atomic E-state index is 0.00166. The second-order valence-electron chi connectivity index (χ2n) is 8.15. The minimum atomic E-state index is -0.162. The highest BCUT2D eigenvalue weighted by Crippen LogP contribution is 2.39. The number of carbonyl (C=O) groups excluding carboxylic acids is 1. The second kappa shape index (κ2) is 6.84. The predicted molar refractivity (Wildman–Crippen MR) is 108 cm³/mol. The van der Waals surface area contributed by atoms with Crippen LogP contribution in [0.1, 0.15) is 34.7 Å². The molecule has 0 radical (unpaired) electrons. The van der Waals surface area contributed by atoms with Gasteiger partial charge >= 0.3 is 0 Å². The first-order chi connectivity index (χ1) is 14.1. The summed E-state index contributed by atoms with van der Waals surface area (Å²) in [5, 5.41) is 4.26. The standard InChI is InChI=1S/C22H25N5O2/c1-16-3-5-17(6-4-16)19-13-23-20-14-29-15-22(27(19)20)8-11-26(12-9-22)21(28)18-7-10-25(2)24-18/h3-7,10,13H,8-9,11-12,14-15H2,1-2H3. The lowest BCUT2D eigenvalue weighted by atomic mass is 9.86. The number of benzene rings is 1. The van der Waals surface area contributed by atoms with Crippen molar-refractivity contribution in [3.63, 3.8) is 0 Å². The Bertz CT molecular complexity index is 1040. The quantitative estimate of drug-likeness (QED) is 0.674. The normalized spacial score (nSPS) is 18.1. The van der Waals surface area contributed by atoms with Gasteiger partial charge in [0.1, 0.15) is 18.1 Å². The van der Waals surface area contributed by atoms with Crippen molar-refractivity contribution in [2.24, 2.45) is 7.05 Å². The van der Waals surface area contributed by atoms with E-state index in [2.05, 4.69) is 45.8 Å². The summed E-state index contributed by atoms with van der Waals surface area (Å²) in [7, 11) is 1.83. The number of carbonyl (C=O) groups is 1. The number of piperidine rings is 1. The number of hydrogen-bond acceptors (Lipinski definition) is 4. The highest BCUT2D eigenvalue weighted by Gasteiger charge is 2.43. The maximum Gasteiger partial charge on any atom is 0.274 e. The van der Waals surface area contributed by atoms with E-state index in [-0.39, 0.29) is 11.4 Å². The van der Waals surface area contributed by atoms with Gasteiger partial charge in [-0.05, 0) is 31.4 Å². The lowest BCUT2D eigenvalue weighted by Crippen LogP contribution is -2.52. The van der Waals surface area contributed by atoms with E-state index >= 15 is 0 Å². The Morgan fingerprint density at radius 1 is 1.14 bits per heavy atom. The summed E-state index contributed by atoms with van der Waals surface area (Å²) in [5.74, 6) is 0.970. The van der Waals surface area contributed by atoms with E-state index in [0.717, 1.165) is 24.4 Å². The third-order valence-corrected chi connectivity index (χ3v) is 6.17. The summed E-state index contributed by atoms with van der Waals surface area (Å²) in [5.41, 5.74) is 3.89. The largest absolute Gasteiger partial charge is 0.371 e. The molecule has 1 saturated heterocycles. The van der Waals surface area contributed by atoms with E-state index in [9.17, 15) is 4.79 Å². The minimum Gasteiger partial charge on any atom is -0.371 e. The van der Waals surface area contributed by atoms with Crippen LogP contribution in [0.3, 0.4) is 0 Å². The van der Waals surface area contributed by atoms with Crippen molar-refractivity contribution >= 4 is 5.91 Å². The topological polar surface area (TPSA) is 65.2 Å². The molecule has 4 heterocycles. The average molecular weight is 391 g/mol. The molecule has 0 unspecified atom stereocenters. The number of likely N-dealkylation sites (tertiary alicyclic amines) is 1. The number of aryl methyl sites for hydroxylation is 2. The van der Waals surface area contributed by atoms with Crippen molar-refractivity contribution in [3.05, 3.63) is 59.8 Å². The lowest BCUT2D eigenvalue weighted by molar-refractivity contribution is -0.0276. The summed E-state index contributed by atoms with van der Waals surface area (Å²) in [6.45, 7) is 4.65. The Kier molecular flexibility index (Phi) is 4.28. The van der Waals surface area contributed by atoms with E-state index in [1.165, 1.54) is 11.1 Å². The van der Waals surface area contributed by atoms with Gasteiger partial charge in [-0.3, -0.25) is 9.48 Å². The van der Waals surface area contributed by atoms with Gasteiger partial charge in [-0.2, -0.15) is 5.10 Å². The average Bonchev–Trinajstić information content (AvgIpc) is 3.36. The number of aromatic nitrogens is 4. The van der Waals surface area contributed by atoms with Crippen LogP contribution in [-0.2, 0) is 23.9 Å². The molecule has 3 aromatic rings. The van der Waals surface area contributed by atoms with Gasteiger partial charge < -0.3 is 14.2 Å². The molecule has 1 amide bonds. The predicted octanol–water partition coefficient (Wildman–Crippen LogP) is 2.75. The number of nitrogens with zero attached hydrogens (tertiary/aromatic N) is 5. The molecule has 29 heavy (non-hydrogen) atoms. The van der Waals surface area contributed by atoms with Gasteiger partial charge in [-0.15, -0.1) is 0 Å². The molecule has 2 aromatic heterocycles. The summed E-state index contributed by atoms with van der Waals surface area (Å²) in [6.07, 6.45) is 5.45. The van der Waals surface area contributed by atoms with Crippen molar-refractivity contribution < 1.29 is 9.53 Å². The van der Waals surface area contributed by atoms with E-state index in [4.69, 9.17) is 4.74 Å². The summed E-state index contributed by atoms with van der Waals surface area (Å²) >= 11 is 0. The first-order valence-electron chi connectivity index (χ1n) is 10.1. The van der Waals surface area contributed by atoms with Gasteiger partial charge in [0.25, 0.3) is 5.91 Å². The van der Waals surface area contributed by atoms with Gasteiger partial charge in [0.2, 0.25) is 0 Å². The third-order valence-electron chi connectivity index (χ3n) is 6.17. The molecule has 7 heteroatoms. The van der Waals surface area contributed by atoms with Crippen LogP contribution in [0, 0.1) is 6.92 Å². The third kappa shape index (κ3) is 3.06. The van der Waals surface area contributed by atoms with E-state index < -0.39 is 0 Å². The van der Waals surface area contributed by atoms with Crippen LogP contribution in [0.2, 0.25) is 0 Å². The molecule has 0 aliphatic carbocycles.